The monoisotopic (exact) mass is 495 g/mol. The standard InChI is InChI=1S/4C3H9P.BF4.N3.Ni/c4*1-4(2)3;2-1(3,4)5;1-3-2;/h4*1-3H3;;;/q;;;;2*-1;+2/p+4. The molecule has 0 saturated carbocycles. The molecule has 0 unspecified atom stereocenters. The first-order chi connectivity index (χ1) is 10.3. The molecule has 160 valence electrons. The van der Waals surface area contributed by atoms with Crippen LogP contribution in [-0.4, -0.2) is 87.2 Å². The second-order valence-corrected chi connectivity index (χ2v) is 18.6. The van der Waals surface area contributed by atoms with Gasteiger partial charge in [-0.15, -0.1) is 0 Å². The largest absolute Gasteiger partial charge is 2.00 e. The zero-order valence-corrected chi connectivity index (χ0v) is 22.7. The smallest absolute Gasteiger partial charge is 0.418 e. The zero-order valence-electron chi connectivity index (χ0n) is 17.7. The molecule has 0 aliphatic rings. The Bertz CT molecular complexity index is 204. The molecule has 0 aliphatic carbocycles. The number of hydrogen-bond donors (Lipinski definition) is 0. The topological polar surface area (TPSA) is 58.7 Å². The zero-order chi connectivity index (χ0) is 21.5. The van der Waals surface area contributed by atoms with Crippen LogP contribution in [0.25, 0.3) is 16.0 Å². The van der Waals surface area contributed by atoms with E-state index < -0.39 is 7.25 Å². The van der Waals surface area contributed by atoms with Crippen molar-refractivity contribution >= 4 is 38.9 Å². The maximum Gasteiger partial charge on any atom is 2.00 e. The van der Waals surface area contributed by atoms with Crippen molar-refractivity contribution in [2.45, 2.75) is 0 Å². The van der Waals surface area contributed by atoms with E-state index in [1.54, 1.807) is 0 Å². The predicted octanol–water partition coefficient (Wildman–Crippen LogP) is 6.52. The summed E-state index contributed by atoms with van der Waals surface area (Å²) >= 11 is 0. The van der Waals surface area contributed by atoms with Gasteiger partial charge in [0, 0.05) is 80.0 Å². The third kappa shape index (κ3) is 8030. The van der Waals surface area contributed by atoms with Gasteiger partial charge in [-0.2, -0.15) is 0 Å². The molecule has 0 aromatic carbocycles. The van der Waals surface area contributed by atoms with E-state index in [0.717, 1.165) is 0 Å². The van der Waals surface area contributed by atoms with Gasteiger partial charge in [0.05, 0.1) is 0 Å². The summed E-state index contributed by atoms with van der Waals surface area (Å²) in [5.74, 6) is 0. The van der Waals surface area contributed by atoms with Gasteiger partial charge in [-0.05, 0) is 31.7 Å². The number of rotatable bonds is 0. The first-order valence-corrected chi connectivity index (χ1v) is 19.3. The Morgan fingerprint density at radius 1 is 0.520 bits per heavy atom. The van der Waals surface area contributed by atoms with Gasteiger partial charge in [0.1, 0.15) is 0 Å². The van der Waals surface area contributed by atoms with E-state index in [9.17, 15) is 17.3 Å². The quantitative estimate of drug-likeness (QED) is 0.0917. The van der Waals surface area contributed by atoms with Gasteiger partial charge in [-0.3, -0.25) is 4.91 Å². The van der Waals surface area contributed by atoms with Gasteiger partial charge >= 0.3 is 23.7 Å². The molecule has 0 spiro atoms. The summed E-state index contributed by atoms with van der Waals surface area (Å²) in [5, 5.41) is 0. The molecular weight excluding hydrogens is 456 g/mol. The van der Waals surface area contributed by atoms with Crippen LogP contribution in [-0.2, 0) is 16.5 Å². The first kappa shape index (κ1) is 45.2. The molecule has 0 saturated heterocycles. The Morgan fingerprint density at radius 2 is 0.520 bits per heavy atom. The molecular formula is C12H40BF4N3NiP4+4. The number of halogens is 4. The van der Waals surface area contributed by atoms with Crippen LogP contribution in [0.5, 0.6) is 0 Å². The van der Waals surface area contributed by atoms with Crippen LogP contribution in [0.4, 0.5) is 17.3 Å². The summed E-state index contributed by atoms with van der Waals surface area (Å²) in [5.41, 5.74) is 13.5. The molecule has 13 heteroatoms. The van der Waals surface area contributed by atoms with Gasteiger partial charge in [0.15, 0.2) is 0 Å². The number of hydrogen-bond acceptors (Lipinski definition) is 0. The van der Waals surface area contributed by atoms with Crippen molar-refractivity contribution < 1.29 is 33.8 Å². The molecule has 0 aromatic rings. The van der Waals surface area contributed by atoms with Crippen molar-refractivity contribution in [1.29, 1.82) is 0 Å². The summed E-state index contributed by atoms with van der Waals surface area (Å²) in [7, 11) is -5.52. The summed E-state index contributed by atoms with van der Waals surface area (Å²) in [6.07, 6.45) is 0. The van der Waals surface area contributed by atoms with Crippen LogP contribution in [0.3, 0.4) is 0 Å². The maximum absolute atomic E-state index is 9.75. The summed E-state index contributed by atoms with van der Waals surface area (Å²) < 4.78 is 39.0. The Morgan fingerprint density at radius 3 is 0.520 bits per heavy atom. The van der Waals surface area contributed by atoms with Crippen LogP contribution >= 0.6 is 31.7 Å². The van der Waals surface area contributed by atoms with Gasteiger partial charge in [-0.1, -0.05) is 0 Å². The molecule has 25 heavy (non-hydrogen) atoms. The third-order valence-electron chi connectivity index (χ3n) is 0. The first-order valence-electron chi connectivity index (χ1n) is 7.27. The molecule has 0 radical (unpaired) electrons. The summed E-state index contributed by atoms with van der Waals surface area (Å²) in [6, 6.07) is 0. The molecule has 0 aromatic heterocycles. The van der Waals surface area contributed by atoms with E-state index >= 15 is 0 Å². The minimum atomic E-state index is -6.00. The van der Waals surface area contributed by atoms with Crippen LogP contribution < -0.4 is 0 Å². The van der Waals surface area contributed by atoms with Gasteiger partial charge < -0.3 is 28.3 Å². The normalized spacial score (nSPS) is 8.48. The van der Waals surface area contributed by atoms with Crippen LogP contribution in [0.2, 0.25) is 0 Å². The fourth-order valence-corrected chi connectivity index (χ4v) is 0. The number of nitrogens with zero attached hydrogens (tertiary/aromatic N) is 3. The van der Waals surface area contributed by atoms with Crippen molar-refractivity contribution in [2.24, 2.45) is 0 Å². The molecule has 0 bridgehead atoms. The van der Waals surface area contributed by atoms with Gasteiger partial charge in [0.25, 0.3) is 0 Å². The van der Waals surface area contributed by atoms with Crippen molar-refractivity contribution in [2.75, 3.05) is 80.0 Å². The van der Waals surface area contributed by atoms with Crippen LogP contribution in [0.15, 0.2) is 0 Å². The average molecular weight is 496 g/mol. The second kappa shape index (κ2) is 36.3. The minimum absolute atomic E-state index is 0. The van der Waals surface area contributed by atoms with Crippen LogP contribution in [0.1, 0.15) is 0 Å². The van der Waals surface area contributed by atoms with E-state index in [1.807, 2.05) is 0 Å². The van der Waals surface area contributed by atoms with Gasteiger partial charge in [-0.25, -0.2) is 0 Å². The molecule has 0 heterocycles. The predicted molar refractivity (Wildman–Crippen MR) is 125 cm³/mol. The molecule has 0 fully saturated rings. The SMILES string of the molecule is C[PH+](C)C.C[PH+](C)C.C[PH+](C)C.C[PH+](C)C.F[B-](F)(F)F.[N-]=[N+]=[N-].[Ni+2]. The molecule has 0 rings (SSSR count). The molecule has 0 N–H and O–H groups in total. The minimum Gasteiger partial charge on any atom is -0.418 e. The third-order valence-corrected chi connectivity index (χ3v) is 0. The van der Waals surface area contributed by atoms with Gasteiger partial charge in [0.2, 0.25) is 0 Å². The fourth-order valence-electron chi connectivity index (χ4n) is 0. The van der Waals surface area contributed by atoms with Crippen molar-refractivity contribution in [1.82, 2.24) is 0 Å². The Hall–Kier alpha value is 1.31. The molecule has 3 nitrogen and oxygen atoms in total. The van der Waals surface area contributed by atoms with Crippen molar-refractivity contribution in [3.05, 3.63) is 16.0 Å². The van der Waals surface area contributed by atoms with Crippen LogP contribution in [0, 0.1) is 0 Å². The fraction of sp³-hybridized carbons (Fsp3) is 1.00. The van der Waals surface area contributed by atoms with E-state index in [2.05, 4.69) is 80.0 Å². The van der Waals surface area contributed by atoms with E-state index in [-0.39, 0.29) is 48.2 Å². The molecule has 0 amide bonds. The van der Waals surface area contributed by atoms with E-state index in [1.165, 1.54) is 4.91 Å². The maximum atomic E-state index is 9.75. The van der Waals surface area contributed by atoms with E-state index in [4.69, 9.17) is 11.1 Å². The second-order valence-electron chi connectivity index (χ2n) is 6.58. The Kier molecular flexibility index (Phi) is 65.6. The molecule has 0 aliphatic heterocycles. The average Bonchev–Trinajstić information content (AvgIpc) is 2.09. The summed E-state index contributed by atoms with van der Waals surface area (Å²) in [4.78, 5) is 1.50. The Labute approximate surface area is 168 Å². The Balaban J connectivity index is -0.0000000310. The molecule has 0 atom stereocenters. The van der Waals surface area contributed by atoms with Crippen molar-refractivity contribution in [3.63, 3.8) is 0 Å². The van der Waals surface area contributed by atoms with Crippen molar-refractivity contribution in [3.8, 4) is 0 Å². The summed E-state index contributed by atoms with van der Waals surface area (Å²) in [6.45, 7) is 27.2. The van der Waals surface area contributed by atoms with E-state index in [0.29, 0.717) is 0 Å².